The number of fused-ring (bicyclic) bond motifs is 3. The van der Waals surface area contributed by atoms with Crippen LogP contribution < -0.4 is 9.47 Å². The molecule has 2 aliphatic carbocycles. The van der Waals surface area contributed by atoms with E-state index in [0.717, 1.165) is 42.4 Å². The number of para-hydroxylation sites is 1. The number of hydrogen-bond acceptors (Lipinski definition) is 10. The first-order chi connectivity index (χ1) is 31.2. The number of benzene rings is 4. The Labute approximate surface area is 374 Å². The van der Waals surface area contributed by atoms with Crippen molar-refractivity contribution in [2.75, 3.05) is 26.9 Å². The van der Waals surface area contributed by atoms with E-state index in [1.807, 2.05) is 54.6 Å². The highest BCUT2D eigenvalue weighted by Crippen LogP contribution is 2.62. The third kappa shape index (κ3) is 9.09. The van der Waals surface area contributed by atoms with Crippen molar-refractivity contribution in [1.29, 1.82) is 0 Å². The van der Waals surface area contributed by atoms with Gasteiger partial charge in [-0.25, -0.2) is 12.8 Å². The number of likely N-dealkylation sites (N-methyl/N-ethyl adjacent to an activating group) is 1. The van der Waals surface area contributed by atoms with E-state index in [1.165, 1.54) is 10.4 Å². The van der Waals surface area contributed by atoms with E-state index in [4.69, 9.17) is 24.2 Å². The summed E-state index contributed by atoms with van der Waals surface area (Å²) in [6, 6.07) is 29.5. The van der Waals surface area contributed by atoms with Crippen molar-refractivity contribution in [3.63, 3.8) is 0 Å². The summed E-state index contributed by atoms with van der Waals surface area (Å²) >= 11 is 0. The van der Waals surface area contributed by atoms with Crippen LogP contribution in [0.25, 0.3) is 10.9 Å². The Hall–Kier alpha value is -5.44. The Kier molecular flexibility index (Phi) is 14.2. The number of sulfonamides is 1. The van der Waals surface area contributed by atoms with Gasteiger partial charge in [0.05, 0.1) is 29.8 Å². The molecule has 3 aliphatic rings. The molecule has 4 aromatic carbocycles. The standard InChI is InChI=1S/C51H56FN3O8S/c1-3-29-61-51-47(55(2)64(58,59)46-23-13-19-36-20-14-26-53-50(36)46)32-44(54-62-33-35-15-5-4-6-16-35)41-30-37(17-9-11-27-56)40(21-10-12-28-57)48(49(41)51)42-31-39(24-25-45(42)63-51)60-34-38-18-7-8-22-43(38)52/h3-8,13-16,18-20,22-26,30-31,37,40,47-49,56-57H,1,9-12,17,21,27-29,32-34H2,2H3. The first kappa shape index (κ1) is 45.1. The van der Waals surface area contributed by atoms with Crippen LogP contribution in [0.4, 0.5) is 4.39 Å². The van der Waals surface area contributed by atoms with Crippen molar-refractivity contribution in [3.8, 4) is 11.5 Å². The number of nitrogens with zero attached hydrogens (tertiary/aromatic N) is 3. The second-order valence-electron chi connectivity index (χ2n) is 16.8. The molecule has 1 saturated carbocycles. The summed E-state index contributed by atoms with van der Waals surface area (Å²) in [6.07, 6.45) is 9.78. The number of aliphatic hydroxyl groups is 2. The fourth-order valence-electron chi connectivity index (χ4n) is 9.94. The molecule has 1 fully saturated rings. The molecule has 1 aromatic heterocycles. The van der Waals surface area contributed by atoms with Crippen molar-refractivity contribution in [2.24, 2.45) is 22.9 Å². The number of allylic oxidation sites excluding steroid dienone is 1. The minimum atomic E-state index is -4.30. The quantitative estimate of drug-likeness (QED) is 0.0445. The van der Waals surface area contributed by atoms with Crippen molar-refractivity contribution >= 4 is 26.6 Å². The lowest BCUT2D eigenvalue weighted by molar-refractivity contribution is -0.250. The van der Waals surface area contributed by atoms with Crippen LogP contribution in [0.2, 0.25) is 0 Å². The molecule has 1 aliphatic heterocycles. The summed E-state index contributed by atoms with van der Waals surface area (Å²) in [5, 5.41) is 25.5. The number of aliphatic hydroxyl groups excluding tert-OH is 2. The lowest BCUT2D eigenvalue weighted by atomic mass is 9.55. The zero-order valence-electron chi connectivity index (χ0n) is 36.1. The molecule has 0 radical (unpaired) electrons. The lowest BCUT2D eigenvalue weighted by Crippen LogP contribution is -2.69. The van der Waals surface area contributed by atoms with Gasteiger partial charge in [-0.15, -0.1) is 6.58 Å². The minimum Gasteiger partial charge on any atom is -0.489 e. The summed E-state index contributed by atoms with van der Waals surface area (Å²) in [7, 11) is -2.74. The molecule has 13 heteroatoms. The number of pyridine rings is 1. The Morgan fingerprint density at radius 3 is 2.48 bits per heavy atom. The number of rotatable bonds is 20. The largest absolute Gasteiger partial charge is 0.489 e. The maximum atomic E-state index is 15.2. The third-order valence-corrected chi connectivity index (χ3v) is 14.8. The van der Waals surface area contributed by atoms with Crippen molar-refractivity contribution in [1.82, 2.24) is 9.29 Å². The van der Waals surface area contributed by atoms with Crippen LogP contribution in [0.15, 0.2) is 144 Å². The second kappa shape index (κ2) is 20.2. The fourth-order valence-corrected chi connectivity index (χ4v) is 11.5. The monoisotopic (exact) mass is 889 g/mol. The molecular formula is C51H56FN3O8S. The van der Waals surface area contributed by atoms with E-state index in [0.29, 0.717) is 46.5 Å². The molecule has 2 heterocycles. The third-order valence-electron chi connectivity index (χ3n) is 12.9. The van der Waals surface area contributed by atoms with Crippen LogP contribution in [-0.2, 0) is 32.8 Å². The van der Waals surface area contributed by atoms with E-state index in [-0.39, 0.29) is 67.9 Å². The Balaban J connectivity index is 1.32. The van der Waals surface area contributed by atoms with Gasteiger partial charge in [0.1, 0.15) is 35.4 Å². The number of ether oxygens (including phenoxy) is 3. The van der Waals surface area contributed by atoms with Crippen LogP contribution in [0.3, 0.4) is 0 Å². The summed E-state index contributed by atoms with van der Waals surface area (Å²) < 4.78 is 67.1. The first-order valence-electron chi connectivity index (χ1n) is 22.1. The van der Waals surface area contributed by atoms with Crippen molar-refractivity contribution < 1.29 is 42.1 Å². The van der Waals surface area contributed by atoms with Crippen LogP contribution in [0.1, 0.15) is 67.6 Å². The minimum absolute atomic E-state index is 0.00494. The molecular weight excluding hydrogens is 834 g/mol. The topological polar surface area (TPSA) is 140 Å². The van der Waals surface area contributed by atoms with Gasteiger partial charge >= 0.3 is 0 Å². The summed E-state index contributed by atoms with van der Waals surface area (Å²) in [6.45, 7) is 4.34. The summed E-state index contributed by atoms with van der Waals surface area (Å²) in [5.74, 6) is -1.99. The molecule has 5 aromatic rings. The van der Waals surface area contributed by atoms with Gasteiger partial charge in [-0.1, -0.05) is 96.9 Å². The van der Waals surface area contributed by atoms with Gasteiger partial charge < -0.3 is 29.3 Å². The first-order valence-corrected chi connectivity index (χ1v) is 23.6. The number of oxime groups is 1. The smallest absolute Gasteiger partial charge is 0.245 e. The van der Waals surface area contributed by atoms with E-state index in [1.54, 1.807) is 61.8 Å². The summed E-state index contributed by atoms with van der Waals surface area (Å²) in [5.41, 5.74) is 3.94. The highest BCUT2D eigenvalue weighted by atomic mass is 32.2. The van der Waals surface area contributed by atoms with Crippen LogP contribution in [0.5, 0.6) is 11.5 Å². The van der Waals surface area contributed by atoms with Crippen molar-refractivity contribution in [2.45, 2.75) is 80.8 Å². The highest BCUT2D eigenvalue weighted by molar-refractivity contribution is 7.89. The summed E-state index contributed by atoms with van der Waals surface area (Å²) in [4.78, 5) is 10.7. The van der Waals surface area contributed by atoms with Crippen LogP contribution >= 0.6 is 0 Å². The predicted octanol–water partition coefficient (Wildman–Crippen LogP) is 9.11. The highest BCUT2D eigenvalue weighted by Gasteiger charge is 2.65. The average Bonchev–Trinajstić information content (AvgIpc) is 3.31. The van der Waals surface area contributed by atoms with E-state index in [9.17, 15) is 14.6 Å². The molecule has 6 unspecified atom stereocenters. The number of unbranched alkanes of at least 4 members (excludes halogenated alkanes) is 2. The average molecular weight is 890 g/mol. The van der Waals surface area contributed by atoms with Crippen LogP contribution in [-0.4, -0.2) is 72.3 Å². The van der Waals surface area contributed by atoms with Crippen LogP contribution in [0, 0.1) is 23.6 Å². The molecule has 336 valence electrons. The second-order valence-corrected chi connectivity index (χ2v) is 18.7. The normalized spacial score (nSPS) is 23.2. The number of aromatic nitrogens is 1. The van der Waals surface area contributed by atoms with E-state index < -0.39 is 27.8 Å². The molecule has 0 spiro atoms. The van der Waals surface area contributed by atoms with E-state index in [2.05, 4.69) is 17.6 Å². The number of hydrogen-bond donors (Lipinski definition) is 2. The molecule has 11 nitrogen and oxygen atoms in total. The zero-order chi connectivity index (χ0) is 44.7. The van der Waals surface area contributed by atoms with Gasteiger partial charge in [0.25, 0.3) is 0 Å². The molecule has 64 heavy (non-hydrogen) atoms. The van der Waals surface area contributed by atoms with Gasteiger partial charge in [0.15, 0.2) is 0 Å². The van der Waals surface area contributed by atoms with E-state index >= 15 is 8.42 Å². The van der Waals surface area contributed by atoms with Gasteiger partial charge in [-0.05, 0) is 85.1 Å². The molecule has 0 amide bonds. The number of halogens is 1. The Bertz CT molecular complexity index is 2580. The molecule has 0 saturated heterocycles. The zero-order valence-corrected chi connectivity index (χ0v) is 36.9. The van der Waals surface area contributed by atoms with Gasteiger partial charge in [-0.3, -0.25) is 4.98 Å². The van der Waals surface area contributed by atoms with Gasteiger partial charge in [0.2, 0.25) is 15.8 Å². The fraction of sp³-hybridized carbons (Fsp3) is 0.373. The molecule has 6 atom stereocenters. The maximum absolute atomic E-state index is 15.2. The molecule has 0 bridgehead atoms. The predicted molar refractivity (Wildman–Crippen MR) is 244 cm³/mol. The molecule has 2 N–H and O–H groups in total. The maximum Gasteiger partial charge on any atom is 0.245 e. The Morgan fingerprint density at radius 2 is 1.70 bits per heavy atom. The Morgan fingerprint density at radius 1 is 0.938 bits per heavy atom. The molecule has 8 rings (SSSR count). The van der Waals surface area contributed by atoms with Gasteiger partial charge in [-0.2, -0.15) is 4.31 Å². The lowest BCUT2D eigenvalue weighted by Gasteiger charge is -2.59. The van der Waals surface area contributed by atoms with Crippen molar-refractivity contribution in [3.05, 3.63) is 156 Å². The SMILES string of the molecule is C=CCOC12Oc3ccc(OCc4ccccc4F)cc3C3C(CCCCO)C(CCCCO)C=C(C(=NOCc4ccccc4)CC1N(C)S(=O)(=O)c1cccc4cccnc14)C32. The van der Waals surface area contributed by atoms with Gasteiger partial charge in [0, 0.05) is 55.3 Å².